The predicted octanol–water partition coefficient (Wildman–Crippen LogP) is 2.91. The zero-order valence-electron chi connectivity index (χ0n) is 19.0. The maximum absolute atomic E-state index is 13.0. The third kappa shape index (κ3) is 6.83. The Hall–Kier alpha value is -2.33. The zero-order chi connectivity index (χ0) is 23.8. The van der Waals surface area contributed by atoms with Gasteiger partial charge in [-0.15, -0.1) is 0 Å². The fraction of sp³-hybridized carbons (Fsp3) is 0.435. The number of piperazine rings is 1. The Morgan fingerprint density at radius 3 is 2.48 bits per heavy atom. The lowest BCUT2D eigenvalue weighted by molar-refractivity contribution is 0.0948. The number of anilines is 1. The molecular weight excluding hydrogens is 464 g/mol. The van der Waals surface area contributed by atoms with Crippen molar-refractivity contribution in [3.8, 4) is 5.75 Å². The maximum atomic E-state index is 13.0. The molecule has 180 valence electrons. The molecule has 0 aromatic heterocycles. The van der Waals surface area contributed by atoms with Crippen molar-refractivity contribution in [2.75, 3.05) is 57.6 Å². The fourth-order valence-corrected chi connectivity index (χ4v) is 5.31. The summed E-state index contributed by atoms with van der Waals surface area (Å²) in [6.45, 7) is 8.92. The van der Waals surface area contributed by atoms with Gasteiger partial charge in [0.25, 0.3) is 15.9 Å². The molecule has 2 N–H and O–H groups in total. The summed E-state index contributed by atoms with van der Waals surface area (Å²) in [5.41, 5.74) is 0.516. The van der Waals surface area contributed by atoms with Gasteiger partial charge < -0.3 is 19.9 Å². The monoisotopic (exact) mass is 494 g/mol. The summed E-state index contributed by atoms with van der Waals surface area (Å²) in [5.74, 6) is 0.0402. The van der Waals surface area contributed by atoms with E-state index in [0.29, 0.717) is 12.3 Å². The number of halogens is 1. The molecule has 0 radical (unpaired) electrons. The number of rotatable bonds is 10. The minimum Gasteiger partial charge on any atom is -0.495 e. The summed E-state index contributed by atoms with van der Waals surface area (Å²) >= 11 is 6.17. The first kappa shape index (κ1) is 25.3. The van der Waals surface area contributed by atoms with Crippen LogP contribution in [0, 0.1) is 0 Å². The molecule has 33 heavy (non-hydrogen) atoms. The number of methoxy groups -OCH3 is 1. The molecule has 2 aromatic carbocycles. The van der Waals surface area contributed by atoms with Crippen molar-refractivity contribution in [1.82, 2.24) is 15.1 Å². The van der Waals surface area contributed by atoms with Crippen molar-refractivity contribution >= 4 is 33.2 Å². The number of para-hydroxylation sites is 2. The van der Waals surface area contributed by atoms with Crippen molar-refractivity contribution in [1.29, 1.82) is 0 Å². The van der Waals surface area contributed by atoms with Gasteiger partial charge in [0.05, 0.1) is 17.8 Å². The Morgan fingerprint density at radius 2 is 1.79 bits per heavy atom. The molecule has 1 saturated heterocycles. The van der Waals surface area contributed by atoms with Gasteiger partial charge in [0.15, 0.2) is 0 Å². The van der Waals surface area contributed by atoms with E-state index >= 15 is 0 Å². The van der Waals surface area contributed by atoms with Crippen LogP contribution in [0.1, 0.15) is 23.7 Å². The second-order valence-corrected chi connectivity index (χ2v) is 9.89. The van der Waals surface area contributed by atoms with E-state index in [0.717, 1.165) is 45.7 Å². The number of ether oxygens (including phenoxy) is 1. The topological polar surface area (TPSA) is 91.0 Å². The number of nitrogens with zero attached hydrogens (tertiary/aromatic N) is 2. The van der Waals surface area contributed by atoms with E-state index in [-0.39, 0.29) is 27.1 Å². The summed E-state index contributed by atoms with van der Waals surface area (Å²) in [5, 5.41) is 2.90. The van der Waals surface area contributed by atoms with E-state index in [1.54, 1.807) is 24.3 Å². The van der Waals surface area contributed by atoms with Gasteiger partial charge in [-0.1, -0.05) is 30.7 Å². The molecule has 0 aliphatic carbocycles. The number of likely N-dealkylation sites (N-methyl/N-ethyl adjacent to an activating group) is 1. The number of benzene rings is 2. The lowest BCUT2D eigenvalue weighted by Crippen LogP contribution is -2.46. The standard InChI is InChI=1S/C23H31ClN4O4S/c1-3-27-13-15-28(16-14-27)12-6-11-25-23(29)18-9-10-19(24)22(17-18)33(30,31)26-20-7-4-5-8-21(20)32-2/h4-5,7-10,17,26H,3,6,11-16H2,1-2H3,(H,25,29). The van der Waals surface area contributed by atoms with E-state index in [1.165, 1.54) is 25.3 Å². The number of sulfonamides is 1. The van der Waals surface area contributed by atoms with Gasteiger partial charge in [-0.05, 0) is 49.8 Å². The maximum Gasteiger partial charge on any atom is 0.263 e. The molecule has 1 aliphatic rings. The molecule has 0 saturated carbocycles. The molecule has 0 bridgehead atoms. The van der Waals surface area contributed by atoms with Crippen molar-refractivity contribution in [3.63, 3.8) is 0 Å². The Morgan fingerprint density at radius 1 is 1.09 bits per heavy atom. The fourth-order valence-electron chi connectivity index (χ4n) is 3.72. The Bertz CT molecular complexity index is 1060. The van der Waals surface area contributed by atoms with Crippen LogP contribution in [0.4, 0.5) is 5.69 Å². The average Bonchev–Trinajstić information content (AvgIpc) is 2.82. The molecule has 0 unspecified atom stereocenters. The molecule has 1 amide bonds. The molecule has 10 heteroatoms. The van der Waals surface area contributed by atoms with Crippen molar-refractivity contribution < 1.29 is 17.9 Å². The third-order valence-electron chi connectivity index (χ3n) is 5.68. The second-order valence-electron chi connectivity index (χ2n) is 7.84. The normalized spacial score (nSPS) is 15.2. The summed E-state index contributed by atoms with van der Waals surface area (Å²) in [6.07, 6.45) is 0.825. The van der Waals surface area contributed by atoms with Gasteiger partial charge in [0.1, 0.15) is 10.6 Å². The van der Waals surface area contributed by atoms with Crippen LogP contribution in [0.25, 0.3) is 0 Å². The van der Waals surface area contributed by atoms with Crippen LogP contribution in [0.5, 0.6) is 5.75 Å². The average molecular weight is 495 g/mol. The highest BCUT2D eigenvalue weighted by Gasteiger charge is 2.22. The molecule has 8 nitrogen and oxygen atoms in total. The number of hydrogen-bond donors (Lipinski definition) is 2. The summed E-state index contributed by atoms with van der Waals surface area (Å²) in [6, 6.07) is 10.9. The van der Waals surface area contributed by atoms with Gasteiger partial charge in [-0.25, -0.2) is 8.42 Å². The van der Waals surface area contributed by atoms with E-state index in [2.05, 4.69) is 26.8 Å². The minimum absolute atomic E-state index is 0.0279. The third-order valence-corrected chi connectivity index (χ3v) is 7.53. The lowest BCUT2D eigenvalue weighted by atomic mass is 10.2. The summed E-state index contributed by atoms with van der Waals surface area (Å²) in [4.78, 5) is 17.3. The van der Waals surface area contributed by atoms with E-state index in [9.17, 15) is 13.2 Å². The molecular formula is C23H31ClN4O4S. The van der Waals surface area contributed by atoms with Gasteiger partial charge in [0.2, 0.25) is 0 Å². The van der Waals surface area contributed by atoms with Crippen molar-refractivity contribution in [2.45, 2.75) is 18.2 Å². The molecule has 3 rings (SSSR count). The number of nitrogens with one attached hydrogen (secondary N) is 2. The van der Waals surface area contributed by atoms with Crippen LogP contribution in [0.2, 0.25) is 5.02 Å². The Balaban J connectivity index is 1.59. The van der Waals surface area contributed by atoms with Crippen LogP contribution < -0.4 is 14.8 Å². The number of amides is 1. The summed E-state index contributed by atoms with van der Waals surface area (Å²) < 4.78 is 33.6. The smallest absolute Gasteiger partial charge is 0.263 e. The van der Waals surface area contributed by atoms with Crippen LogP contribution in [0.3, 0.4) is 0 Å². The minimum atomic E-state index is -4.03. The molecule has 1 fully saturated rings. The highest BCUT2D eigenvalue weighted by atomic mass is 35.5. The highest BCUT2D eigenvalue weighted by molar-refractivity contribution is 7.92. The Labute approximate surface area is 200 Å². The van der Waals surface area contributed by atoms with Gasteiger partial charge in [-0.3, -0.25) is 9.52 Å². The number of carbonyl (C=O) groups excluding carboxylic acids is 1. The van der Waals surface area contributed by atoms with Gasteiger partial charge in [0, 0.05) is 38.3 Å². The molecule has 0 atom stereocenters. The van der Waals surface area contributed by atoms with Crippen LogP contribution >= 0.6 is 11.6 Å². The molecule has 2 aromatic rings. The molecule has 1 heterocycles. The first-order valence-electron chi connectivity index (χ1n) is 11.0. The highest BCUT2D eigenvalue weighted by Crippen LogP contribution is 2.29. The van der Waals surface area contributed by atoms with Gasteiger partial charge >= 0.3 is 0 Å². The van der Waals surface area contributed by atoms with Crippen LogP contribution in [0.15, 0.2) is 47.4 Å². The Kier molecular flexibility index (Phi) is 8.96. The summed E-state index contributed by atoms with van der Waals surface area (Å²) in [7, 11) is -2.58. The van der Waals surface area contributed by atoms with Crippen molar-refractivity contribution in [2.24, 2.45) is 0 Å². The first-order chi connectivity index (χ1) is 15.8. The molecule has 1 aliphatic heterocycles. The lowest BCUT2D eigenvalue weighted by Gasteiger charge is -2.33. The van der Waals surface area contributed by atoms with E-state index < -0.39 is 10.0 Å². The SMILES string of the molecule is CCN1CCN(CCCNC(=O)c2ccc(Cl)c(S(=O)(=O)Nc3ccccc3OC)c2)CC1. The number of carbonyl (C=O) groups is 1. The number of hydrogen-bond acceptors (Lipinski definition) is 6. The predicted molar refractivity (Wildman–Crippen MR) is 131 cm³/mol. The quantitative estimate of drug-likeness (QED) is 0.493. The first-order valence-corrected chi connectivity index (χ1v) is 12.9. The van der Waals surface area contributed by atoms with Crippen LogP contribution in [-0.4, -0.2) is 77.0 Å². The van der Waals surface area contributed by atoms with Crippen LogP contribution in [-0.2, 0) is 10.0 Å². The second kappa shape index (κ2) is 11.7. The zero-order valence-corrected chi connectivity index (χ0v) is 20.6. The molecule has 0 spiro atoms. The van der Waals surface area contributed by atoms with Crippen molar-refractivity contribution in [3.05, 3.63) is 53.1 Å². The van der Waals surface area contributed by atoms with Gasteiger partial charge in [-0.2, -0.15) is 0 Å². The van der Waals surface area contributed by atoms with E-state index in [4.69, 9.17) is 16.3 Å². The largest absolute Gasteiger partial charge is 0.495 e. The van der Waals surface area contributed by atoms with E-state index in [1.807, 2.05) is 0 Å².